The largest absolute Gasteiger partial charge is 0.497 e. The highest BCUT2D eigenvalue weighted by Crippen LogP contribution is 2.29. The van der Waals surface area contributed by atoms with Crippen LogP contribution in [0.5, 0.6) is 5.75 Å². The molecule has 1 heterocycles. The number of urea groups is 1. The van der Waals surface area contributed by atoms with Crippen molar-refractivity contribution < 1.29 is 14.3 Å². The van der Waals surface area contributed by atoms with Gasteiger partial charge in [-0.25, -0.2) is 4.79 Å². The lowest BCUT2D eigenvalue weighted by Crippen LogP contribution is -2.32. The number of hydrogen-bond acceptors (Lipinski definition) is 3. The van der Waals surface area contributed by atoms with Gasteiger partial charge in [-0.2, -0.15) is 0 Å². The number of amides is 3. The summed E-state index contributed by atoms with van der Waals surface area (Å²) in [6, 6.07) is 15.9. The standard InChI is InChI=1S/C18H16N2O3/c1-13-17(21)19(12-14-6-4-3-5-7-14)18(22)20(13)15-8-10-16(23-2)11-9-15/h3-11H,1,12H2,2H3. The van der Waals surface area contributed by atoms with E-state index in [0.717, 1.165) is 5.56 Å². The van der Waals surface area contributed by atoms with Gasteiger partial charge in [0.25, 0.3) is 5.91 Å². The van der Waals surface area contributed by atoms with Crippen molar-refractivity contribution in [2.75, 3.05) is 12.0 Å². The molecule has 1 aliphatic rings. The molecule has 116 valence electrons. The molecule has 0 spiro atoms. The summed E-state index contributed by atoms with van der Waals surface area (Å²) in [7, 11) is 1.57. The summed E-state index contributed by atoms with van der Waals surface area (Å²) in [5, 5.41) is 0. The van der Waals surface area contributed by atoms with E-state index in [0.29, 0.717) is 11.4 Å². The summed E-state index contributed by atoms with van der Waals surface area (Å²) < 4.78 is 5.10. The van der Waals surface area contributed by atoms with Crippen LogP contribution >= 0.6 is 0 Å². The quantitative estimate of drug-likeness (QED) is 0.644. The zero-order valence-corrected chi connectivity index (χ0v) is 12.7. The molecule has 0 atom stereocenters. The lowest BCUT2D eigenvalue weighted by Gasteiger charge is -2.17. The maximum absolute atomic E-state index is 12.6. The van der Waals surface area contributed by atoms with Crippen molar-refractivity contribution in [3.05, 3.63) is 72.4 Å². The normalized spacial score (nSPS) is 14.6. The van der Waals surface area contributed by atoms with E-state index in [9.17, 15) is 9.59 Å². The number of carbonyl (C=O) groups is 2. The monoisotopic (exact) mass is 308 g/mol. The second kappa shape index (κ2) is 5.96. The van der Waals surface area contributed by atoms with Crippen molar-refractivity contribution in [2.45, 2.75) is 6.54 Å². The van der Waals surface area contributed by atoms with Gasteiger partial charge in [0, 0.05) is 0 Å². The number of methoxy groups -OCH3 is 1. The van der Waals surface area contributed by atoms with Crippen LogP contribution in [-0.2, 0) is 11.3 Å². The first-order valence-corrected chi connectivity index (χ1v) is 7.14. The molecule has 1 aliphatic heterocycles. The van der Waals surface area contributed by atoms with Gasteiger partial charge in [-0.3, -0.25) is 14.6 Å². The number of anilines is 1. The Morgan fingerprint density at radius 3 is 2.26 bits per heavy atom. The summed E-state index contributed by atoms with van der Waals surface area (Å²) in [4.78, 5) is 27.5. The molecule has 0 bridgehead atoms. The van der Waals surface area contributed by atoms with Crippen LogP contribution in [0, 0.1) is 0 Å². The van der Waals surface area contributed by atoms with Gasteiger partial charge in [0.2, 0.25) is 0 Å². The molecule has 1 saturated heterocycles. The molecule has 5 heteroatoms. The highest BCUT2D eigenvalue weighted by Gasteiger charge is 2.40. The zero-order valence-electron chi connectivity index (χ0n) is 12.7. The van der Waals surface area contributed by atoms with Crippen molar-refractivity contribution in [1.82, 2.24) is 4.90 Å². The first-order valence-electron chi connectivity index (χ1n) is 7.14. The van der Waals surface area contributed by atoms with Gasteiger partial charge in [0.15, 0.2) is 0 Å². The highest BCUT2D eigenvalue weighted by atomic mass is 16.5. The Balaban J connectivity index is 1.87. The fourth-order valence-corrected chi connectivity index (χ4v) is 2.48. The van der Waals surface area contributed by atoms with Crippen molar-refractivity contribution in [3.8, 4) is 5.75 Å². The van der Waals surface area contributed by atoms with Gasteiger partial charge in [-0.05, 0) is 29.8 Å². The van der Waals surface area contributed by atoms with Crippen molar-refractivity contribution in [2.24, 2.45) is 0 Å². The van der Waals surface area contributed by atoms with E-state index >= 15 is 0 Å². The number of nitrogens with zero attached hydrogens (tertiary/aromatic N) is 2. The van der Waals surface area contributed by atoms with Crippen LogP contribution in [0.3, 0.4) is 0 Å². The number of carbonyl (C=O) groups excluding carboxylic acids is 2. The van der Waals surface area contributed by atoms with Crippen LogP contribution in [0.1, 0.15) is 5.56 Å². The molecule has 2 aromatic carbocycles. The van der Waals surface area contributed by atoms with E-state index in [-0.39, 0.29) is 18.1 Å². The maximum Gasteiger partial charge on any atom is 0.336 e. The summed E-state index contributed by atoms with van der Waals surface area (Å²) in [6.07, 6.45) is 0. The fraction of sp³-hybridized carbons (Fsp3) is 0.111. The number of ether oxygens (including phenoxy) is 1. The zero-order chi connectivity index (χ0) is 16.4. The molecule has 3 rings (SSSR count). The van der Waals surface area contributed by atoms with Gasteiger partial charge < -0.3 is 4.74 Å². The van der Waals surface area contributed by atoms with E-state index in [4.69, 9.17) is 4.74 Å². The summed E-state index contributed by atoms with van der Waals surface area (Å²) >= 11 is 0. The molecule has 0 radical (unpaired) electrons. The van der Waals surface area contributed by atoms with Gasteiger partial charge in [-0.15, -0.1) is 0 Å². The first kappa shape index (κ1) is 14.8. The Hall–Kier alpha value is -3.08. The predicted octanol–water partition coefficient (Wildman–Crippen LogP) is 3.18. The van der Waals surface area contributed by atoms with Crippen molar-refractivity contribution >= 4 is 17.6 Å². The van der Waals surface area contributed by atoms with Crippen LogP contribution < -0.4 is 9.64 Å². The van der Waals surface area contributed by atoms with Crippen LogP contribution in [-0.4, -0.2) is 23.9 Å². The number of benzene rings is 2. The highest BCUT2D eigenvalue weighted by molar-refractivity contribution is 6.20. The van der Waals surface area contributed by atoms with Gasteiger partial charge in [-0.1, -0.05) is 36.9 Å². The minimum Gasteiger partial charge on any atom is -0.497 e. The third-order valence-electron chi connectivity index (χ3n) is 3.70. The second-order valence-corrected chi connectivity index (χ2v) is 5.14. The molecule has 2 aromatic rings. The van der Waals surface area contributed by atoms with Crippen molar-refractivity contribution in [3.63, 3.8) is 0 Å². The average Bonchev–Trinajstić information content (AvgIpc) is 2.80. The molecular weight excluding hydrogens is 292 g/mol. The molecule has 0 aliphatic carbocycles. The smallest absolute Gasteiger partial charge is 0.336 e. The lowest BCUT2D eigenvalue weighted by molar-refractivity contribution is -0.123. The van der Waals surface area contributed by atoms with Crippen LogP contribution in [0.15, 0.2) is 66.9 Å². The minimum atomic E-state index is -0.394. The van der Waals surface area contributed by atoms with E-state index in [1.165, 1.54) is 9.80 Å². The second-order valence-electron chi connectivity index (χ2n) is 5.14. The van der Waals surface area contributed by atoms with Crippen LogP contribution in [0.25, 0.3) is 0 Å². The van der Waals surface area contributed by atoms with Crippen LogP contribution in [0.4, 0.5) is 10.5 Å². The molecule has 0 unspecified atom stereocenters. The Labute approximate surface area is 134 Å². The maximum atomic E-state index is 12.6. The van der Waals surface area contributed by atoms with E-state index in [2.05, 4.69) is 6.58 Å². The third-order valence-corrected chi connectivity index (χ3v) is 3.70. The van der Waals surface area contributed by atoms with Gasteiger partial charge in [0.1, 0.15) is 11.4 Å². The summed E-state index contributed by atoms with van der Waals surface area (Å²) in [5.41, 5.74) is 1.62. The first-order chi connectivity index (χ1) is 11.1. The lowest BCUT2D eigenvalue weighted by atomic mass is 10.2. The Morgan fingerprint density at radius 1 is 1.00 bits per heavy atom. The van der Waals surface area contributed by atoms with Gasteiger partial charge >= 0.3 is 6.03 Å². The number of hydrogen-bond donors (Lipinski definition) is 0. The third kappa shape index (κ3) is 2.68. The fourth-order valence-electron chi connectivity index (χ4n) is 2.48. The molecule has 0 saturated carbocycles. The Kier molecular flexibility index (Phi) is 3.85. The molecule has 5 nitrogen and oxygen atoms in total. The molecule has 23 heavy (non-hydrogen) atoms. The molecule has 0 aromatic heterocycles. The number of rotatable bonds is 4. The van der Waals surface area contributed by atoms with Gasteiger partial charge in [0.05, 0.1) is 19.3 Å². The average molecular weight is 308 g/mol. The summed E-state index contributed by atoms with van der Waals surface area (Å²) in [5.74, 6) is 0.299. The molecular formula is C18H16N2O3. The molecule has 3 amide bonds. The van der Waals surface area contributed by atoms with Crippen LogP contribution in [0.2, 0.25) is 0 Å². The Morgan fingerprint density at radius 2 is 1.65 bits per heavy atom. The number of imide groups is 1. The predicted molar refractivity (Wildman–Crippen MR) is 87.0 cm³/mol. The SMILES string of the molecule is C=C1C(=O)N(Cc2ccccc2)C(=O)N1c1ccc(OC)cc1. The van der Waals surface area contributed by atoms with E-state index in [1.807, 2.05) is 30.3 Å². The molecule has 1 fully saturated rings. The Bertz CT molecular complexity index is 754. The minimum absolute atomic E-state index is 0.149. The summed E-state index contributed by atoms with van der Waals surface area (Å²) in [6.45, 7) is 3.99. The van der Waals surface area contributed by atoms with E-state index < -0.39 is 6.03 Å². The van der Waals surface area contributed by atoms with Crippen molar-refractivity contribution in [1.29, 1.82) is 0 Å². The topological polar surface area (TPSA) is 49.9 Å². The molecule has 0 N–H and O–H groups in total. The van der Waals surface area contributed by atoms with E-state index in [1.54, 1.807) is 31.4 Å².